The summed E-state index contributed by atoms with van der Waals surface area (Å²) in [5.41, 5.74) is 0. The van der Waals surface area contributed by atoms with Crippen LogP contribution in [0.2, 0.25) is 0 Å². The molecule has 0 aromatic carbocycles. The van der Waals surface area contributed by atoms with Gasteiger partial charge in [0.2, 0.25) is 0 Å². The molecule has 68 valence electrons. The van der Waals surface area contributed by atoms with Gasteiger partial charge < -0.3 is 4.74 Å². The molecule has 0 spiro atoms. The molecule has 0 amide bonds. The van der Waals surface area contributed by atoms with Crippen molar-refractivity contribution >= 4 is 46.4 Å². The fraction of sp³-hybridized carbons (Fsp3) is 1.00. The van der Waals surface area contributed by atoms with E-state index in [-0.39, 0.29) is 11.5 Å². The van der Waals surface area contributed by atoms with Crippen molar-refractivity contribution in [2.24, 2.45) is 0 Å². The van der Waals surface area contributed by atoms with E-state index in [1.54, 1.807) is 0 Å². The maximum atomic E-state index is 5.68. The highest BCUT2D eigenvalue weighted by molar-refractivity contribution is 6.28. The largest absolute Gasteiger partial charge is 0.374 e. The van der Waals surface area contributed by atoms with Crippen molar-refractivity contribution in [3.05, 3.63) is 0 Å². The number of ether oxygens (including phenoxy) is 1. The third kappa shape index (κ3) is 6.30. The first-order valence-electron chi connectivity index (χ1n) is 3.18. The molecule has 0 aromatic heterocycles. The highest BCUT2D eigenvalue weighted by atomic mass is 35.5. The number of hydrogen-bond donors (Lipinski definition) is 0. The number of halogens is 4. The van der Waals surface area contributed by atoms with E-state index in [0.29, 0.717) is 24.2 Å². The van der Waals surface area contributed by atoms with E-state index >= 15 is 0 Å². The van der Waals surface area contributed by atoms with Gasteiger partial charge in [-0.15, -0.1) is 46.4 Å². The van der Waals surface area contributed by atoms with E-state index in [0.717, 1.165) is 0 Å². The SMILES string of the molecule is ClCC(CCl)OC[C@H](Cl)CCl. The minimum Gasteiger partial charge on any atom is -0.374 e. The Morgan fingerprint density at radius 1 is 1.00 bits per heavy atom. The lowest BCUT2D eigenvalue weighted by molar-refractivity contribution is 0.0859. The summed E-state index contributed by atoms with van der Waals surface area (Å²) in [5.74, 6) is 1.14. The van der Waals surface area contributed by atoms with Gasteiger partial charge in [0.05, 0.1) is 18.1 Å². The molecule has 0 saturated carbocycles. The number of hydrogen-bond acceptors (Lipinski definition) is 1. The molecule has 0 rings (SSSR count). The Balaban J connectivity index is 3.34. The molecule has 0 aliphatic rings. The monoisotopic (exact) mass is 238 g/mol. The van der Waals surface area contributed by atoms with Crippen molar-refractivity contribution < 1.29 is 4.74 Å². The lowest BCUT2D eigenvalue weighted by Crippen LogP contribution is -2.22. The molecule has 5 heteroatoms. The smallest absolute Gasteiger partial charge is 0.0846 e. The van der Waals surface area contributed by atoms with Crippen LogP contribution in [0.4, 0.5) is 0 Å². The normalized spacial score (nSPS) is 13.9. The van der Waals surface area contributed by atoms with Crippen molar-refractivity contribution in [2.75, 3.05) is 24.2 Å². The van der Waals surface area contributed by atoms with Crippen LogP contribution in [0.25, 0.3) is 0 Å². The predicted molar refractivity (Wildman–Crippen MR) is 51.5 cm³/mol. The zero-order chi connectivity index (χ0) is 8.69. The average molecular weight is 240 g/mol. The third-order valence-electron chi connectivity index (χ3n) is 1.02. The minimum atomic E-state index is -0.161. The fourth-order valence-electron chi connectivity index (χ4n) is 0.415. The van der Waals surface area contributed by atoms with Gasteiger partial charge in [-0.2, -0.15) is 0 Å². The quantitative estimate of drug-likeness (QED) is 0.648. The number of alkyl halides is 4. The summed E-state index contributed by atoms with van der Waals surface area (Å²) in [6.07, 6.45) is -0.122. The van der Waals surface area contributed by atoms with Crippen molar-refractivity contribution in [1.82, 2.24) is 0 Å². The second kappa shape index (κ2) is 7.75. The molecular formula is C6H10Cl4O. The van der Waals surface area contributed by atoms with Crippen LogP contribution in [-0.4, -0.2) is 35.7 Å². The predicted octanol–water partition coefficient (Wildman–Crippen LogP) is 2.70. The summed E-state index contributed by atoms with van der Waals surface area (Å²) in [5, 5.41) is -0.161. The van der Waals surface area contributed by atoms with E-state index in [4.69, 9.17) is 51.1 Å². The topological polar surface area (TPSA) is 9.23 Å². The van der Waals surface area contributed by atoms with Crippen LogP contribution in [-0.2, 0) is 4.74 Å². The minimum absolute atomic E-state index is 0.122. The van der Waals surface area contributed by atoms with Gasteiger partial charge in [0, 0.05) is 17.6 Å². The molecule has 0 bridgehead atoms. The first-order valence-corrected chi connectivity index (χ1v) is 5.22. The second-order valence-corrected chi connectivity index (χ2v) is 3.56. The summed E-state index contributed by atoms with van der Waals surface area (Å²) in [6, 6.07) is 0. The van der Waals surface area contributed by atoms with Crippen LogP contribution < -0.4 is 0 Å². The molecular weight excluding hydrogens is 230 g/mol. The zero-order valence-corrected chi connectivity index (χ0v) is 8.93. The lowest BCUT2D eigenvalue weighted by Gasteiger charge is -2.13. The zero-order valence-electron chi connectivity index (χ0n) is 5.90. The molecule has 0 unspecified atom stereocenters. The molecule has 0 radical (unpaired) electrons. The Labute approximate surface area is 86.9 Å². The first-order chi connectivity index (χ1) is 5.24. The summed E-state index contributed by atoms with van der Waals surface area (Å²) in [4.78, 5) is 0. The molecule has 1 atom stereocenters. The van der Waals surface area contributed by atoms with E-state index in [9.17, 15) is 0 Å². The molecule has 0 aliphatic carbocycles. The van der Waals surface area contributed by atoms with Crippen molar-refractivity contribution in [3.8, 4) is 0 Å². The molecule has 0 aromatic rings. The Morgan fingerprint density at radius 3 is 1.91 bits per heavy atom. The number of rotatable bonds is 6. The summed E-state index contributed by atoms with van der Waals surface area (Å²) in [6.45, 7) is 0.398. The maximum absolute atomic E-state index is 5.68. The van der Waals surface area contributed by atoms with Gasteiger partial charge in [-0.05, 0) is 0 Å². The van der Waals surface area contributed by atoms with Crippen LogP contribution in [0.1, 0.15) is 0 Å². The van der Waals surface area contributed by atoms with E-state index < -0.39 is 0 Å². The molecule has 0 N–H and O–H groups in total. The second-order valence-electron chi connectivity index (χ2n) is 2.02. The van der Waals surface area contributed by atoms with Gasteiger partial charge in [-0.3, -0.25) is 0 Å². The van der Waals surface area contributed by atoms with E-state index in [1.165, 1.54) is 0 Å². The van der Waals surface area contributed by atoms with Gasteiger partial charge in [-0.25, -0.2) is 0 Å². The highest BCUT2D eigenvalue weighted by Gasteiger charge is 2.09. The van der Waals surface area contributed by atoms with Crippen LogP contribution in [0.3, 0.4) is 0 Å². The summed E-state index contributed by atoms with van der Waals surface area (Å²) >= 11 is 22.1. The fourth-order valence-corrected chi connectivity index (χ4v) is 1.09. The molecule has 11 heavy (non-hydrogen) atoms. The van der Waals surface area contributed by atoms with E-state index in [1.807, 2.05) is 0 Å². The van der Waals surface area contributed by atoms with Gasteiger partial charge in [-0.1, -0.05) is 0 Å². The maximum Gasteiger partial charge on any atom is 0.0846 e. The van der Waals surface area contributed by atoms with E-state index in [2.05, 4.69) is 0 Å². The van der Waals surface area contributed by atoms with Crippen molar-refractivity contribution in [2.45, 2.75) is 11.5 Å². The van der Waals surface area contributed by atoms with Crippen LogP contribution >= 0.6 is 46.4 Å². The molecule has 0 aliphatic heterocycles. The Bertz CT molecular complexity index is 86.7. The van der Waals surface area contributed by atoms with Gasteiger partial charge in [0.15, 0.2) is 0 Å². The third-order valence-corrected chi connectivity index (χ3v) is 2.52. The van der Waals surface area contributed by atoms with Crippen molar-refractivity contribution in [3.63, 3.8) is 0 Å². The molecule has 0 fully saturated rings. The standard InChI is InChI=1S/C6H10Cl4O/c7-1-5(10)4-11-6(2-8)3-9/h5-6H,1-4H2/t5-/m1/s1. The van der Waals surface area contributed by atoms with Crippen LogP contribution in [0, 0.1) is 0 Å². The van der Waals surface area contributed by atoms with Crippen LogP contribution in [0.5, 0.6) is 0 Å². The molecule has 1 nitrogen and oxygen atoms in total. The molecule has 0 heterocycles. The highest BCUT2D eigenvalue weighted by Crippen LogP contribution is 2.04. The average Bonchev–Trinajstić information content (AvgIpc) is 2.06. The Hall–Kier alpha value is 1.12. The lowest BCUT2D eigenvalue weighted by atomic mass is 10.4. The van der Waals surface area contributed by atoms with Gasteiger partial charge in [0.1, 0.15) is 0 Å². The summed E-state index contributed by atoms with van der Waals surface area (Å²) in [7, 11) is 0. The van der Waals surface area contributed by atoms with Crippen molar-refractivity contribution in [1.29, 1.82) is 0 Å². The van der Waals surface area contributed by atoms with Gasteiger partial charge >= 0.3 is 0 Å². The summed E-state index contributed by atoms with van der Waals surface area (Å²) < 4.78 is 5.21. The van der Waals surface area contributed by atoms with Crippen LogP contribution in [0.15, 0.2) is 0 Å². The first kappa shape index (κ1) is 12.1. The Morgan fingerprint density at radius 2 is 1.55 bits per heavy atom. The van der Waals surface area contributed by atoms with Gasteiger partial charge in [0.25, 0.3) is 0 Å². The Kier molecular flexibility index (Phi) is 8.54. The molecule has 0 saturated heterocycles.